The zero-order valence-corrected chi connectivity index (χ0v) is 10.9. The highest BCUT2D eigenvalue weighted by Gasteiger charge is 2.20. The van der Waals surface area contributed by atoms with E-state index in [-0.39, 0.29) is 11.4 Å². The molecule has 0 atom stereocenters. The van der Waals surface area contributed by atoms with Crippen molar-refractivity contribution in [2.24, 2.45) is 0 Å². The topological polar surface area (TPSA) is 52.4 Å². The first-order chi connectivity index (χ1) is 7.60. The van der Waals surface area contributed by atoms with Crippen molar-refractivity contribution in [2.75, 3.05) is 7.11 Å². The summed E-state index contributed by atoms with van der Waals surface area (Å²) >= 11 is 3.09. The maximum Gasteiger partial charge on any atom is 0.314 e. The zero-order valence-electron chi connectivity index (χ0n) is 9.29. The van der Waals surface area contributed by atoms with Crippen molar-refractivity contribution in [3.63, 3.8) is 0 Å². The van der Waals surface area contributed by atoms with Gasteiger partial charge in [-0.3, -0.25) is 10.1 Å². The molecule has 0 fully saturated rings. The first-order valence-electron chi connectivity index (χ1n) is 4.67. The molecule has 4 nitrogen and oxygen atoms in total. The molecule has 90 valence electrons. The number of nitro groups is 1. The van der Waals surface area contributed by atoms with E-state index in [1.54, 1.807) is 0 Å². The Kier molecular flexibility index (Phi) is 6.64. The molecule has 0 spiro atoms. The molecule has 0 aliphatic carbocycles. The number of hydrogen-bond acceptors (Lipinski definition) is 3. The van der Waals surface area contributed by atoms with E-state index < -0.39 is 10.7 Å². The van der Waals surface area contributed by atoms with Crippen LogP contribution in [-0.2, 0) is 5.33 Å². The number of nitrogens with zero attached hydrogens (tertiary/aromatic N) is 1. The Labute approximate surface area is 102 Å². The highest BCUT2D eigenvalue weighted by Crippen LogP contribution is 2.31. The van der Waals surface area contributed by atoms with Crippen molar-refractivity contribution in [1.82, 2.24) is 0 Å². The summed E-state index contributed by atoms with van der Waals surface area (Å²) in [6, 6.07) is 2.47. The number of nitro benzene ring substituents is 1. The second kappa shape index (κ2) is 7.16. The number of methoxy groups -OCH3 is 1. The molecule has 6 heteroatoms. The molecule has 0 saturated carbocycles. The van der Waals surface area contributed by atoms with Crippen LogP contribution < -0.4 is 4.74 Å². The van der Waals surface area contributed by atoms with Crippen molar-refractivity contribution >= 4 is 21.6 Å². The maximum absolute atomic E-state index is 13.2. The van der Waals surface area contributed by atoms with Gasteiger partial charge in [-0.2, -0.15) is 0 Å². The molecule has 0 aliphatic rings. The second-order valence-electron chi connectivity index (χ2n) is 2.52. The van der Waals surface area contributed by atoms with Crippen molar-refractivity contribution in [3.05, 3.63) is 33.6 Å². The first kappa shape index (κ1) is 14.8. The predicted octanol–water partition coefficient (Wildman–Crippen LogP) is 3.66. The lowest BCUT2D eigenvalue weighted by Crippen LogP contribution is -1.97. The lowest BCUT2D eigenvalue weighted by molar-refractivity contribution is -0.386. The van der Waals surface area contributed by atoms with Crippen LogP contribution in [0.25, 0.3) is 0 Å². The molecule has 0 unspecified atom stereocenters. The van der Waals surface area contributed by atoms with Crippen molar-refractivity contribution in [3.8, 4) is 5.75 Å². The lowest BCUT2D eigenvalue weighted by atomic mass is 10.2. The Morgan fingerprint density at radius 1 is 1.50 bits per heavy atom. The number of ether oxygens (including phenoxy) is 1. The third-order valence-corrected chi connectivity index (χ3v) is 2.29. The molecule has 0 aromatic heterocycles. The summed E-state index contributed by atoms with van der Waals surface area (Å²) in [7, 11) is 1.19. The van der Waals surface area contributed by atoms with Crippen LogP contribution in [0.1, 0.15) is 19.4 Å². The number of rotatable bonds is 3. The largest absolute Gasteiger partial charge is 0.488 e. The molecule has 0 N–H and O–H groups in total. The van der Waals surface area contributed by atoms with Crippen LogP contribution in [0.2, 0.25) is 0 Å². The summed E-state index contributed by atoms with van der Waals surface area (Å²) in [6.07, 6.45) is 0. The first-order valence-corrected chi connectivity index (χ1v) is 5.79. The summed E-state index contributed by atoms with van der Waals surface area (Å²) in [5.74, 6) is -1.06. The third-order valence-electron chi connectivity index (χ3n) is 1.64. The fourth-order valence-corrected chi connectivity index (χ4v) is 1.37. The standard InChI is InChI=1S/C8H7BrFNO3.C2H6/c1-14-8-6(10)2-5(4-9)3-7(8)11(12)13;1-2/h2-3H,4H2,1H3;1-2H3. The Hall–Kier alpha value is -1.17. The molecule has 0 aliphatic heterocycles. The van der Waals surface area contributed by atoms with E-state index in [2.05, 4.69) is 20.7 Å². The van der Waals surface area contributed by atoms with Crippen LogP contribution in [0.3, 0.4) is 0 Å². The smallest absolute Gasteiger partial charge is 0.314 e. The Morgan fingerprint density at radius 2 is 2.06 bits per heavy atom. The molecule has 0 saturated heterocycles. The van der Waals surface area contributed by atoms with Crippen molar-refractivity contribution in [2.45, 2.75) is 19.2 Å². The lowest BCUT2D eigenvalue weighted by Gasteiger charge is -2.04. The SMILES string of the molecule is CC.COc1c(F)cc(CBr)cc1[N+](=O)[O-]. The summed E-state index contributed by atoms with van der Waals surface area (Å²) in [5, 5.41) is 10.9. The fourth-order valence-electron chi connectivity index (χ4n) is 1.05. The number of halogens is 2. The van der Waals surface area contributed by atoms with E-state index in [0.29, 0.717) is 10.9 Å². The molecule has 1 aromatic rings. The van der Waals surface area contributed by atoms with Crippen molar-refractivity contribution in [1.29, 1.82) is 0 Å². The number of alkyl halides is 1. The third kappa shape index (κ3) is 3.44. The van der Waals surface area contributed by atoms with Crippen LogP contribution in [-0.4, -0.2) is 12.0 Å². The minimum Gasteiger partial charge on any atom is -0.488 e. The van der Waals surface area contributed by atoms with Crippen LogP contribution >= 0.6 is 15.9 Å². The van der Waals surface area contributed by atoms with Gasteiger partial charge >= 0.3 is 5.69 Å². The van der Waals surface area contributed by atoms with E-state index in [1.165, 1.54) is 19.2 Å². The molecular weight excluding hydrogens is 281 g/mol. The highest BCUT2D eigenvalue weighted by molar-refractivity contribution is 9.08. The molecular formula is C10H13BrFNO3. The minimum absolute atomic E-state index is 0.334. The predicted molar refractivity (Wildman–Crippen MR) is 63.6 cm³/mol. The van der Waals surface area contributed by atoms with Gasteiger partial charge in [-0.05, 0) is 11.6 Å². The van der Waals surface area contributed by atoms with E-state index in [9.17, 15) is 14.5 Å². The van der Waals surface area contributed by atoms with Crippen molar-refractivity contribution < 1.29 is 14.1 Å². The van der Waals surface area contributed by atoms with E-state index in [0.717, 1.165) is 0 Å². The maximum atomic E-state index is 13.2. The Bertz CT molecular complexity index is 371. The number of benzene rings is 1. The van der Waals surface area contributed by atoms with E-state index in [4.69, 9.17) is 0 Å². The van der Waals surface area contributed by atoms with Gasteiger partial charge in [-0.25, -0.2) is 4.39 Å². The second-order valence-corrected chi connectivity index (χ2v) is 3.08. The Balaban J connectivity index is 0.00000106. The van der Waals surface area contributed by atoms with Crippen LogP contribution in [0, 0.1) is 15.9 Å². The van der Waals surface area contributed by atoms with Gasteiger partial charge in [0.1, 0.15) is 0 Å². The van der Waals surface area contributed by atoms with Gasteiger partial charge in [0.2, 0.25) is 5.75 Å². The van der Waals surface area contributed by atoms with Gasteiger partial charge in [0, 0.05) is 11.4 Å². The van der Waals surface area contributed by atoms with Gasteiger partial charge < -0.3 is 4.74 Å². The molecule has 1 aromatic carbocycles. The van der Waals surface area contributed by atoms with E-state index in [1.807, 2.05) is 13.8 Å². The summed E-state index contributed by atoms with van der Waals surface area (Å²) in [4.78, 5) is 9.87. The van der Waals surface area contributed by atoms with Gasteiger partial charge in [0.25, 0.3) is 0 Å². The normalized spacial score (nSPS) is 9.06. The summed E-state index contributed by atoms with van der Waals surface area (Å²) in [6.45, 7) is 4.00. The van der Waals surface area contributed by atoms with Gasteiger partial charge in [-0.15, -0.1) is 0 Å². The molecule has 0 amide bonds. The molecule has 16 heavy (non-hydrogen) atoms. The minimum atomic E-state index is -0.726. The van der Waals surface area contributed by atoms with Crippen LogP contribution in [0.4, 0.5) is 10.1 Å². The average molecular weight is 294 g/mol. The average Bonchev–Trinajstić information content (AvgIpc) is 2.30. The Morgan fingerprint density at radius 3 is 2.44 bits per heavy atom. The van der Waals surface area contributed by atoms with Gasteiger partial charge in [0.05, 0.1) is 12.0 Å². The monoisotopic (exact) mass is 293 g/mol. The van der Waals surface area contributed by atoms with Gasteiger partial charge in [-0.1, -0.05) is 29.8 Å². The molecule has 0 heterocycles. The zero-order chi connectivity index (χ0) is 12.7. The quantitative estimate of drug-likeness (QED) is 0.485. The van der Waals surface area contributed by atoms with Crippen LogP contribution in [0.5, 0.6) is 5.75 Å². The molecule has 0 bridgehead atoms. The molecule has 1 rings (SSSR count). The number of hydrogen-bond donors (Lipinski definition) is 0. The molecule has 0 radical (unpaired) electrons. The summed E-state index contributed by atoms with van der Waals surface area (Å²) in [5.41, 5.74) is 0.136. The van der Waals surface area contributed by atoms with Crippen LogP contribution in [0.15, 0.2) is 12.1 Å². The van der Waals surface area contributed by atoms with E-state index >= 15 is 0 Å². The van der Waals surface area contributed by atoms with Gasteiger partial charge in [0.15, 0.2) is 5.82 Å². The summed E-state index contributed by atoms with van der Waals surface area (Å²) < 4.78 is 17.8. The highest BCUT2D eigenvalue weighted by atomic mass is 79.9. The fraction of sp³-hybridized carbons (Fsp3) is 0.400.